The van der Waals surface area contributed by atoms with Gasteiger partial charge in [-0.1, -0.05) is 12.1 Å². The Morgan fingerprint density at radius 2 is 2.04 bits per heavy atom. The summed E-state index contributed by atoms with van der Waals surface area (Å²) in [6.07, 6.45) is 3.56. The second-order valence-electron chi connectivity index (χ2n) is 6.80. The number of anilines is 1. The lowest BCUT2D eigenvalue weighted by Crippen LogP contribution is -2.44. The molecule has 0 unspecified atom stereocenters. The topological polar surface area (TPSA) is 64.7 Å². The third-order valence-corrected chi connectivity index (χ3v) is 4.78. The van der Waals surface area contributed by atoms with Crippen LogP contribution in [0.1, 0.15) is 31.2 Å². The monoisotopic (exact) mass is 330 g/mol. The van der Waals surface area contributed by atoms with E-state index in [9.17, 15) is 9.59 Å². The Bertz CT molecular complexity index is 596. The number of carbonyl (C=O) groups is 2. The summed E-state index contributed by atoms with van der Waals surface area (Å²) in [5.41, 5.74) is 1.81. The van der Waals surface area contributed by atoms with Gasteiger partial charge in [0.05, 0.1) is 0 Å². The van der Waals surface area contributed by atoms with E-state index in [-0.39, 0.29) is 18.0 Å². The van der Waals surface area contributed by atoms with Crippen molar-refractivity contribution in [1.82, 2.24) is 15.1 Å². The van der Waals surface area contributed by atoms with Gasteiger partial charge in [-0.05, 0) is 57.1 Å². The van der Waals surface area contributed by atoms with Gasteiger partial charge in [-0.2, -0.15) is 0 Å². The summed E-state index contributed by atoms with van der Waals surface area (Å²) in [6.45, 7) is 3.48. The van der Waals surface area contributed by atoms with Gasteiger partial charge in [0.1, 0.15) is 0 Å². The number of rotatable bonds is 4. The minimum absolute atomic E-state index is 0.154. The van der Waals surface area contributed by atoms with Gasteiger partial charge in [0.25, 0.3) is 0 Å². The van der Waals surface area contributed by atoms with Crippen molar-refractivity contribution < 1.29 is 9.59 Å². The van der Waals surface area contributed by atoms with Gasteiger partial charge in [0.2, 0.25) is 5.91 Å². The third-order valence-electron chi connectivity index (χ3n) is 4.78. The van der Waals surface area contributed by atoms with Crippen LogP contribution in [-0.4, -0.2) is 54.5 Å². The molecule has 1 aromatic carbocycles. The number of carbonyl (C=O) groups excluding carboxylic acids is 2. The molecular formula is C18H26N4O2. The first-order valence-electron chi connectivity index (χ1n) is 8.73. The Kier molecular flexibility index (Phi) is 5.35. The number of piperidine rings is 1. The minimum atomic E-state index is -0.154. The lowest BCUT2D eigenvalue weighted by atomic mass is 10.1. The molecule has 2 aliphatic heterocycles. The molecule has 1 aromatic rings. The fourth-order valence-corrected chi connectivity index (χ4v) is 3.34. The standard InChI is InChI=1S/C18H26N4O2/c1-21-10-7-15(8-11-21)19-18(24)20-16-5-2-4-14(12-16)13-22-9-3-6-17(22)23/h2,4-5,12,15H,3,6-11,13H2,1H3,(H2,19,20,24). The smallest absolute Gasteiger partial charge is 0.319 e. The first-order valence-corrected chi connectivity index (χ1v) is 8.73. The molecular weight excluding hydrogens is 304 g/mol. The van der Waals surface area contributed by atoms with E-state index in [4.69, 9.17) is 0 Å². The van der Waals surface area contributed by atoms with E-state index < -0.39 is 0 Å². The molecule has 0 spiro atoms. The van der Waals surface area contributed by atoms with E-state index in [1.165, 1.54) is 0 Å². The Morgan fingerprint density at radius 3 is 2.75 bits per heavy atom. The van der Waals surface area contributed by atoms with Gasteiger partial charge >= 0.3 is 6.03 Å². The molecule has 0 radical (unpaired) electrons. The molecule has 2 aliphatic rings. The second-order valence-corrected chi connectivity index (χ2v) is 6.80. The highest BCUT2D eigenvalue weighted by atomic mass is 16.2. The maximum absolute atomic E-state index is 12.2. The molecule has 3 rings (SSSR count). The Balaban J connectivity index is 1.52. The van der Waals surface area contributed by atoms with Gasteiger partial charge in [-0.3, -0.25) is 4.79 Å². The van der Waals surface area contributed by atoms with E-state index in [0.29, 0.717) is 13.0 Å². The van der Waals surface area contributed by atoms with Crippen molar-refractivity contribution >= 4 is 17.6 Å². The van der Waals surface area contributed by atoms with Crippen LogP contribution in [0, 0.1) is 0 Å². The number of nitrogens with zero attached hydrogens (tertiary/aromatic N) is 2. The fraction of sp³-hybridized carbons (Fsp3) is 0.556. The molecule has 6 nitrogen and oxygen atoms in total. The third kappa shape index (κ3) is 4.47. The van der Waals surface area contributed by atoms with Gasteiger partial charge in [-0.15, -0.1) is 0 Å². The molecule has 2 fully saturated rings. The number of likely N-dealkylation sites (tertiary alicyclic amines) is 2. The minimum Gasteiger partial charge on any atom is -0.338 e. The largest absolute Gasteiger partial charge is 0.338 e. The van der Waals surface area contributed by atoms with Crippen molar-refractivity contribution in [3.8, 4) is 0 Å². The average Bonchev–Trinajstić information content (AvgIpc) is 2.95. The van der Waals surface area contributed by atoms with Gasteiger partial charge in [0, 0.05) is 31.2 Å². The Labute approximate surface area is 143 Å². The predicted molar refractivity (Wildman–Crippen MR) is 93.8 cm³/mol. The van der Waals surface area contributed by atoms with Crippen molar-refractivity contribution in [2.24, 2.45) is 0 Å². The maximum atomic E-state index is 12.2. The molecule has 0 aromatic heterocycles. The number of amides is 3. The summed E-state index contributed by atoms with van der Waals surface area (Å²) >= 11 is 0. The lowest BCUT2D eigenvalue weighted by Gasteiger charge is -2.29. The van der Waals surface area contributed by atoms with Crippen molar-refractivity contribution in [3.63, 3.8) is 0 Å². The van der Waals surface area contributed by atoms with E-state index in [0.717, 1.165) is 50.1 Å². The van der Waals surface area contributed by atoms with Crippen molar-refractivity contribution in [3.05, 3.63) is 29.8 Å². The first-order chi connectivity index (χ1) is 11.6. The zero-order chi connectivity index (χ0) is 16.9. The van der Waals surface area contributed by atoms with Crippen LogP contribution in [0.2, 0.25) is 0 Å². The zero-order valence-electron chi connectivity index (χ0n) is 14.3. The summed E-state index contributed by atoms with van der Waals surface area (Å²) in [4.78, 5) is 28.0. The van der Waals surface area contributed by atoms with Crippen LogP contribution < -0.4 is 10.6 Å². The molecule has 0 saturated carbocycles. The molecule has 0 atom stereocenters. The molecule has 2 N–H and O–H groups in total. The highest BCUT2D eigenvalue weighted by molar-refractivity contribution is 5.89. The van der Waals surface area contributed by atoms with Crippen LogP contribution in [0.5, 0.6) is 0 Å². The van der Waals surface area contributed by atoms with Gasteiger partial charge < -0.3 is 20.4 Å². The van der Waals surface area contributed by atoms with Crippen LogP contribution >= 0.6 is 0 Å². The predicted octanol–water partition coefficient (Wildman–Crippen LogP) is 2.02. The number of hydrogen-bond donors (Lipinski definition) is 2. The highest BCUT2D eigenvalue weighted by Gasteiger charge is 2.20. The second kappa shape index (κ2) is 7.66. The number of nitrogens with one attached hydrogen (secondary N) is 2. The average molecular weight is 330 g/mol. The lowest BCUT2D eigenvalue weighted by molar-refractivity contribution is -0.128. The van der Waals surface area contributed by atoms with E-state index in [1.807, 2.05) is 29.2 Å². The zero-order valence-corrected chi connectivity index (χ0v) is 14.3. The first kappa shape index (κ1) is 16.8. The molecule has 6 heteroatoms. The number of hydrogen-bond acceptors (Lipinski definition) is 3. The summed E-state index contributed by atoms with van der Waals surface area (Å²) in [5, 5.41) is 5.96. The highest BCUT2D eigenvalue weighted by Crippen LogP contribution is 2.17. The van der Waals surface area contributed by atoms with Crippen LogP contribution in [0.3, 0.4) is 0 Å². The van der Waals surface area contributed by atoms with E-state index in [2.05, 4.69) is 22.6 Å². The van der Waals surface area contributed by atoms with Crippen molar-refractivity contribution in [2.75, 3.05) is 32.0 Å². The molecule has 2 heterocycles. The molecule has 2 saturated heterocycles. The molecule has 24 heavy (non-hydrogen) atoms. The van der Waals surface area contributed by atoms with Crippen LogP contribution in [0.15, 0.2) is 24.3 Å². The molecule has 3 amide bonds. The van der Waals surface area contributed by atoms with Gasteiger partial charge in [0.15, 0.2) is 0 Å². The summed E-state index contributed by atoms with van der Waals surface area (Å²) in [7, 11) is 2.10. The fourth-order valence-electron chi connectivity index (χ4n) is 3.34. The summed E-state index contributed by atoms with van der Waals surface area (Å²) in [5.74, 6) is 0.216. The number of benzene rings is 1. The van der Waals surface area contributed by atoms with E-state index >= 15 is 0 Å². The molecule has 0 bridgehead atoms. The summed E-state index contributed by atoms with van der Waals surface area (Å²) in [6, 6.07) is 7.82. The van der Waals surface area contributed by atoms with Crippen molar-refractivity contribution in [2.45, 2.75) is 38.3 Å². The molecule has 0 aliphatic carbocycles. The molecule has 130 valence electrons. The van der Waals surface area contributed by atoms with Gasteiger partial charge in [-0.25, -0.2) is 4.79 Å². The quantitative estimate of drug-likeness (QED) is 0.888. The number of urea groups is 1. The van der Waals surface area contributed by atoms with E-state index in [1.54, 1.807) is 0 Å². The normalized spacial score (nSPS) is 19.5. The van der Waals surface area contributed by atoms with Crippen LogP contribution in [0.4, 0.5) is 10.5 Å². The SMILES string of the molecule is CN1CCC(NC(=O)Nc2cccc(CN3CCCC3=O)c2)CC1. The summed E-state index contributed by atoms with van der Waals surface area (Å²) < 4.78 is 0. The Morgan fingerprint density at radius 1 is 1.25 bits per heavy atom. The van der Waals surface area contributed by atoms with Crippen LogP contribution in [0.25, 0.3) is 0 Å². The maximum Gasteiger partial charge on any atom is 0.319 e. The van der Waals surface area contributed by atoms with Crippen LogP contribution in [-0.2, 0) is 11.3 Å². The Hall–Kier alpha value is -2.08. The van der Waals surface area contributed by atoms with Crippen molar-refractivity contribution in [1.29, 1.82) is 0 Å².